The van der Waals surface area contributed by atoms with Gasteiger partial charge < -0.3 is 5.32 Å². The van der Waals surface area contributed by atoms with Crippen molar-refractivity contribution >= 4 is 0 Å². The summed E-state index contributed by atoms with van der Waals surface area (Å²) in [5, 5.41) is 3.60. The van der Waals surface area contributed by atoms with Crippen LogP contribution >= 0.6 is 0 Å². The molecule has 0 aromatic heterocycles. The topological polar surface area (TPSA) is 18.5 Å². The minimum atomic E-state index is 0.227. The average molecular weight is 241 g/mol. The highest BCUT2D eigenvalue weighted by Crippen LogP contribution is 2.12. The van der Waals surface area contributed by atoms with Crippen LogP contribution in [-0.4, -0.2) is 60.1 Å². The lowest BCUT2D eigenvalue weighted by Gasteiger charge is -2.42. The molecule has 1 aliphatic rings. The highest BCUT2D eigenvalue weighted by atomic mass is 15.3. The van der Waals surface area contributed by atoms with E-state index in [1.807, 2.05) is 0 Å². The second kappa shape index (κ2) is 6.17. The second-order valence-corrected chi connectivity index (χ2v) is 6.45. The van der Waals surface area contributed by atoms with Crippen molar-refractivity contribution in [3.05, 3.63) is 0 Å². The average Bonchev–Trinajstić information content (AvgIpc) is 2.24. The quantitative estimate of drug-likeness (QED) is 0.809. The predicted octanol–water partition coefficient (Wildman–Crippen LogP) is 1.79. The maximum absolute atomic E-state index is 3.60. The molecule has 0 saturated carbocycles. The molecule has 1 heterocycles. The number of nitrogens with one attached hydrogen (secondary N) is 1. The summed E-state index contributed by atoms with van der Waals surface area (Å²) in [6.07, 6.45) is 0. The largest absolute Gasteiger partial charge is 0.311 e. The Kier molecular flexibility index (Phi) is 5.42. The zero-order valence-corrected chi connectivity index (χ0v) is 12.6. The molecule has 0 radical (unpaired) electrons. The fraction of sp³-hybridized carbons (Fsp3) is 1.00. The molecule has 17 heavy (non-hydrogen) atoms. The number of rotatable bonds is 4. The molecule has 0 aromatic rings. The molecule has 0 aliphatic carbocycles. The first-order valence-electron chi connectivity index (χ1n) is 7.06. The van der Waals surface area contributed by atoms with E-state index in [0.29, 0.717) is 12.1 Å². The normalized spacial score (nSPS) is 26.1. The summed E-state index contributed by atoms with van der Waals surface area (Å²) in [5.41, 5.74) is 0.227. The van der Waals surface area contributed by atoms with Gasteiger partial charge in [0.05, 0.1) is 0 Å². The summed E-state index contributed by atoms with van der Waals surface area (Å²) in [4.78, 5) is 5.19. The van der Waals surface area contributed by atoms with Crippen molar-refractivity contribution in [3.8, 4) is 0 Å². The molecule has 1 aliphatic heterocycles. The molecule has 0 amide bonds. The van der Waals surface area contributed by atoms with Gasteiger partial charge in [0, 0.05) is 43.8 Å². The van der Waals surface area contributed by atoms with Gasteiger partial charge in [0.25, 0.3) is 0 Å². The van der Waals surface area contributed by atoms with Gasteiger partial charge in [-0.25, -0.2) is 0 Å². The van der Waals surface area contributed by atoms with E-state index in [4.69, 9.17) is 0 Å². The fourth-order valence-corrected chi connectivity index (χ4v) is 2.48. The van der Waals surface area contributed by atoms with Crippen molar-refractivity contribution in [2.24, 2.45) is 0 Å². The Bertz CT molecular complexity index is 222. The molecule has 0 spiro atoms. The molecule has 0 aromatic carbocycles. The Morgan fingerprint density at radius 1 is 1.29 bits per heavy atom. The van der Waals surface area contributed by atoms with Gasteiger partial charge in [-0.1, -0.05) is 6.92 Å². The lowest BCUT2D eigenvalue weighted by molar-refractivity contribution is 0.0619. The van der Waals surface area contributed by atoms with Crippen LogP contribution in [0.1, 0.15) is 41.5 Å². The van der Waals surface area contributed by atoms with Gasteiger partial charge in [0.2, 0.25) is 0 Å². The first kappa shape index (κ1) is 14.9. The summed E-state index contributed by atoms with van der Waals surface area (Å²) in [7, 11) is 0. The van der Waals surface area contributed by atoms with Crippen LogP contribution in [0.2, 0.25) is 0 Å². The Labute approximate surface area is 108 Å². The van der Waals surface area contributed by atoms with Crippen LogP contribution in [0.5, 0.6) is 0 Å². The van der Waals surface area contributed by atoms with E-state index in [-0.39, 0.29) is 5.54 Å². The third kappa shape index (κ3) is 4.94. The SMILES string of the molecule is CCN1CCN(C(C)CNC(C)(C)C)CC1C. The Hall–Kier alpha value is -0.120. The van der Waals surface area contributed by atoms with E-state index in [1.54, 1.807) is 0 Å². The first-order valence-corrected chi connectivity index (χ1v) is 7.06. The smallest absolute Gasteiger partial charge is 0.0195 e. The highest BCUT2D eigenvalue weighted by Gasteiger charge is 2.25. The van der Waals surface area contributed by atoms with E-state index in [9.17, 15) is 0 Å². The number of hydrogen-bond acceptors (Lipinski definition) is 3. The van der Waals surface area contributed by atoms with Crippen LogP contribution in [0, 0.1) is 0 Å². The minimum Gasteiger partial charge on any atom is -0.311 e. The van der Waals surface area contributed by atoms with E-state index in [1.165, 1.54) is 26.2 Å². The van der Waals surface area contributed by atoms with Gasteiger partial charge in [-0.05, 0) is 41.2 Å². The third-order valence-electron chi connectivity index (χ3n) is 3.75. The second-order valence-electron chi connectivity index (χ2n) is 6.45. The molecule has 3 heteroatoms. The van der Waals surface area contributed by atoms with Gasteiger partial charge in [-0.2, -0.15) is 0 Å². The van der Waals surface area contributed by atoms with Gasteiger partial charge in [-0.3, -0.25) is 9.80 Å². The van der Waals surface area contributed by atoms with Gasteiger partial charge in [-0.15, -0.1) is 0 Å². The van der Waals surface area contributed by atoms with Crippen LogP contribution < -0.4 is 5.32 Å². The Morgan fingerprint density at radius 2 is 1.94 bits per heavy atom. The van der Waals surface area contributed by atoms with Gasteiger partial charge in [0.15, 0.2) is 0 Å². The Morgan fingerprint density at radius 3 is 2.41 bits per heavy atom. The van der Waals surface area contributed by atoms with Crippen molar-refractivity contribution in [1.29, 1.82) is 0 Å². The molecule has 1 N–H and O–H groups in total. The van der Waals surface area contributed by atoms with Crippen LogP contribution in [0.4, 0.5) is 0 Å². The fourth-order valence-electron chi connectivity index (χ4n) is 2.48. The van der Waals surface area contributed by atoms with Crippen LogP contribution in [0.15, 0.2) is 0 Å². The van der Waals surface area contributed by atoms with Crippen molar-refractivity contribution in [3.63, 3.8) is 0 Å². The molecule has 1 fully saturated rings. The molecule has 3 nitrogen and oxygen atoms in total. The lowest BCUT2D eigenvalue weighted by atomic mass is 10.1. The van der Waals surface area contributed by atoms with Crippen molar-refractivity contribution < 1.29 is 0 Å². The van der Waals surface area contributed by atoms with E-state index < -0.39 is 0 Å². The van der Waals surface area contributed by atoms with Crippen molar-refractivity contribution in [1.82, 2.24) is 15.1 Å². The van der Waals surface area contributed by atoms with Gasteiger partial charge in [0.1, 0.15) is 0 Å². The predicted molar refractivity (Wildman–Crippen MR) is 75.5 cm³/mol. The molecule has 0 bridgehead atoms. The molecule has 2 atom stereocenters. The van der Waals surface area contributed by atoms with Crippen LogP contribution in [0.3, 0.4) is 0 Å². The van der Waals surface area contributed by atoms with Crippen molar-refractivity contribution in [2.45, 2.75) is 59.2 Å². The maximum Gasteiger partial charge on any atom is 0.0195 e. The Balaban J connectivity index is 2.36. The number of nitrogens with zero attached hydrogens (tertiary/aromatic N) is 2. The number of piperazine rings is 1. The maximum atomic E-state index is 3.60. The molecule has 1 saturated heterocycles. The minimum absolute atomic E-state index is 0.227. The molecular formula is C14H31N3. The van der Waals surface area contributed by atoms with E-state index >= 15 is 0 Å². The lowest BCUT2D eigenvalue weighted by Crippen LogP contribution is -2.56. The highest BCUT2D eigenvalue weighted by molar-refractivity contribution is 4.83. The van der Waals surface area contributed by atoms with E-state index in [0.717, 1.165) is 6.54 Å². The summed E-state index contributed by atoms with van der Waals surface area (Å²) < 4.78 is 0. The first-order chi connectivity index (χ1) is 7.83. The molecule has 2 unspecified atom stereocenters. The number of hydrogen-bond donors (Lipinski definition) is 1. The summed E-state index contributed by atoms with van der Waals surface area (Å²) in [5.74, 6) is 0. The van der Waals surface area contributed by atoms with Crippen molar-refractivity contribution in [2.75, 3.05) is 32.7 Å². The van der Waals surface area contributed by atoms with Crippen LogP contribution in [0.25, 0.3) is 0 Å². The summed E-state index contributed by atoms with van der Waals surface area (Å²) in [6, 6.07) is 1.33. The monoisotopic (exact) mass is 241 g/mol. The van der Waals surface area contributed by atoms with Crippen LogP contribution in [-0.2, 0) is 0 Å². The summed E-state index contributed by atoms with van der Waals surface area (Å²) in [6.45, 7) is 19.6. The van der Waals surface area contributed by atoms with Gasteiger partial charge >= 0.3 is 0 Å². The summed E-state index contributed by atoms with van der Waals surface area (Å²) >= 11 is 0. The third-order valence-corrected chi connectivity index (χ3v) is 3.75. The molecule has 102 valence electrons. The zero-order chi connectivity index (χ0) is 13.1. The van der Waals surface area contributed by atoms with E-state index in [2.05, 4.69) is 56.7 Å². The standard InChI is InChI=1S/C14H31N3/c1-7-16-8-9-17(11-13(16)3)12(2)10-15-14(4,5)6/h12-13,15H,7-11H2,1-6H3. The molecular weight excluding hydrogens is 210 g/mol. The molecule has 1 rings (SSSR count). The zero-order valence-electron chi connectivity index (χ0n) is 12.6. The number of likely N-dealkylation sites (N-methyl/N-ethyl adjacent to an activating group) is 1.